The molecule has 3 rings (SSSR count). The van der Waals surface area contributed by atoms with E-state index >= 15 is 0 Å². The van der Waals surface area contributed by atoms with Crippen molar-refractivity contribution in [1.82, 2.24) is 0 Å². The summed E-state index contributed by atoms with van der Waals surface area (Å²) in [6.07, 6.45) is -0.253. The second-order valence-electron chi connectivity index (χ2n) is 4.82. The number of hydrogen-bond donors (Lipinski definition) is 0. The zero-order valence-corrected chi connectivity index (χ0v) is 10.2. The van der Waals surface area contributed by atoms with Crippen LogP contribution in [0.5, 0.6) is 0 Å². The fourth-order valence-corrected chi connectivity index (χ4v) is 2.69. The first-order chi connectivity index (χ1) is 8.39. The average molecular weight is 254 g/mol. The number of Topliss-reactive ketones (excluding diaryl/α,β-unsaturated/α-hetero) is 2. The molecule has 1 saturated carbocycles. The van der Waals surface area contributed by atoms with Crippen molar-refractivity contribution in [2.75, 3.05) is 7.11 Å². The summed E-state index contributed by atoms with van der Waals surface area (Å²) >= 11 is 0. The lowest BCUT2D eigenvalue weighted by Gasteiger charge is -2.46. The number of hydrogen-bond acceptors (Lipinski definition) is 6. The van der Waals surface area contributed by atoms with Crippen LogP contribution in [0.25, 0.3) is 0 Å². The van der Waals surface area contributed by atoms with E-state index in [0.29, 0.717) is 0 Å². The average Bonchev–Trinajstić information content (AvgIpc) is 2.30. The first-order valence-corrected chi connectivity index (χ1v) is 5.73. The summed E-state index contributed by atoms with van der Waals surface area (Å²) in [6, 6.07) is 0. The number of ether oxygens (including phenoxy) is 2. The predicted octanol–water partition coefficient (Wildman–Crippen LogP) is 0.0294. The second kappa shape index (κ2) is 4.19. The first-order valence-electron chi connectivity index (χ1n) is 5.73. The monoisotopic (exact) mass is 254 g/mol. The highest BCUT2D eigenvalue weighted by atomic mass is 16.6. The fraction of sp³-hybridized carbons (Fsp3) is 0.667. The molecule has 2 aliphatic heterocycles. The van der Waals surface area contributed by atoms with Crippen LogP contribution in [-0.4, -0.2) is 36.2 Å². The molecule has 98 valence electrons. The normalized spacial score (nSPS) is 34.1. The Balaban J connectivity index is 2.32. The number of fused-ring (bicyclic) bond motifs is 3. The number of methoxy groups -OCH3 is 1. The Bertz CT molecular complexity index is 440. The highest BCUT2D eigenvalue weighted by Gasteiger charge is 2.59. The summed E-state index contributed by atoms with van der Waals surface area (Å²) in [6.45, 7) is 1.38. The highest BCUT2D eigenvalue weighted by molar-refractivity contribution is 6.02. The van der Waals surface area contributed by atoms with Crippen LogP contribution in [0.4, 0.5) is 0 Å². The molecule has 3 atom stereocenters. The van der Waals surface area contributed by atoms with E-state index in [9.17, 15) is 19.2 Å². The van der Waals surface area contributed by atoms with Gasteiger partial charge in [0.05, 0.1) is 19.4 Å². The zero-order valence-electron chi connectivity index (χ0n) is 10.2. The molecule has 3 aliphatic rings. The van der Waals surface area contributed by atoms with Gasteiger partial charge in [0.15, 0.2) is 11.4 Å². The summed E-state index contributed by atoms with van der Waals surface area (Å²) in [5.74, 6) is -2.86. The van der Waals surface area contributed by atoms with E-state index in [4.69, 9.17) is 4.74 Å². The van der Waals surface area contributed by atoms with Gasteiger partial charge in [-0.25, -0.2) is 0 Å². The van der Waals surface area contributed by atoms with Gasteiger partial charge in [0, 0.05) is 18.8 Å². The van der Waals surface area contributed by atoms with E-state index in [1.54, 1.807) is 0 Å². The molecular weight excluding hydrogens is 240 g/mol. The van der Waals surface area contributed by atoms with Crippen molar-refractivity contribution in [1.29, 1.82) is 0 Å². The smallest absolute Gasteiger partial charge is 0.311 e. The molecule has 3 fully saturated rings. The number of ketones is 2. The highest BCUT2D eigenvalue weighted by Crippen LogP contribution is 2.45. The van der Waals surface area contributed by atoms with Crippen molar-refractivity contribution in [2.45, 2.75) is 31.8 Å². The Kier molecular flexibility index (Phi) is 2.96. The van der Waals surface area contributed by atoms with Gasteiger partial charge in [-0.05, 0) is 6.92 Å². The molecule has 2 saturated heterocycles. The minimum absolute atomic E-state index is 0.0277. The summed E-state index contributed by atoms with van der Waals surface area (Å²) in [7, 11) is 1.20. The number of esters is 2. The molecule has 0 N–H and O–H groups in total. The predicted molar refractivity (Wildman–Crippen MR) is 57.4 cm³/mol. The molecule has 1 aliphatic carbocycles. The molecule has 6 nitrogen and oxygen atoms in total. The lowest BCUT2D eigenvalue weighted by Crippen LogP contribution is -2.60. The van der Waals surface area contributed by atoms with Crippen LogP contribution in [-0.2, 0) is 28.7 Å². The van der Waals surface area contributed by atoms with Crippen molar-refractivity contribution in [3.05, 3.63) is 0 Å². The van der Waals surface area contributed by atoms with Crippen LogP contribution in [0, 0.1) is 11.8 Å². The van der Waals surface area contributed by atoms with Gasteiger partial charge >= 0.3 is 11.9 Å². The van der Waals surface area contributed by atoms with Crippen molar-refractivity contribution in [2.24, 2.45) is 11.8 Å². The van der Waals surface area contributed by atoms with E-state index in [-0.39, 0.29) is 30.8 Å². The third-order valence-electron chi connectivity index (χ3n) is 3.73. The quantitative estimate of drug-likeness (QED) is 0.660. The van der Waals surface area contributed by atoms with E-state index < -0.39 is 29.4 Å². The second-order valence-corrected chi connectivity index (χ2v) is 4.82. The molecule has 18 heavy (non-hydrogen) atoms. The standard InChI is InChI=1S/C12H14O6/c1-6(13)8-4-12(5-10(15)17-2)9(14)3-7(8)11(16)18-12/h7-8H,3-5H2,1-2H3/t7-,8-,12+/m0/s1. The molecule has 2 heterocycles. The Morgan fingerprint density at radius 2 is 2.11 bits per heavy atom. The molecule has 0 spiro atoms. The molecular formula is C12H14O6. The van der Waals surface area contributed by atoms with Gasteiger partial charge in [-0.15, -0.1) is 0 Å². The van der Waals surface area contributed by atoms with E-state index in [0.717, 1.165) is 0 Å². The summed E-state index contributed by atoms with van der Waals surface area (Å²) in [4.78, 5) is 46.5. The Hall–Kier alpha value is -1.72. The van der Waals surface area contributed by atoms with Crippen LogP contribution >= 0.6 is 0 Å². The minimum Gasteiger partial charge on any atom is -0.469 e. The van der Waals surface area contributed by atoms with E-state index in [2.05, 4.69) is 4.74 Å². The maximum atomic E-state index is 11.9. The fourth-order valence-electron chi connectivity index (χ4n) is 2.69. The van der Waals surface area contributed by atoms with Gasteiger partial charge in [0.25, 0.3) is 0 Å². The van der Waals surface area contributed by atoms with Crippen LogP contribution in [0.2, 0.25) is 0 Å². The summed E-state index contributed by atoms with van der Waals surface area (Å²) < 4.78 is 9.61. The topological polar surface area (TPSA) is 86.7 Å². The third kappa shape index (κ3) is 1.81. The number of carbonyl (C=O) groups excluding carboxylic acids is 4. The van der Waals surface area contributed by atoms with Gasteiger partial charge in [0.2, 0.25) is 0 Å². The summed E-state index contributed by atoms with van der Waals surface area (Å²) in [5.41, 5.74) is -1.49. The van der Waals surface area contributed by atoms with Crippen molar-refractivity contribution in [3.8, 4) is 0 Å². The maximum Gasteiger partial charge on any atom is 0.311 e. The Morgan fingerprint density at radius 3 is 2.67 bits per heavy atom. The van der Waals surface area contributed by atoms with Gasteiger partial charge in [-0.1, -0.05) is 0 Å². The largest absolute Gasteiger partial charge is 0.469 e. The molecule has 0 radical (unpaired) electrons. The van der Waals surface area contributed by atoms with E-state index in [1.165, 1.54) is 14.0 Å². The van der Waals surface area contributed by atoms with Crippen molar-refractivity contribution in [3.63, 3.8) is 0 Å². The number of carbonyl (C=O) groups is 4. The van der Waals surface area contributed by atoms with Crippen LogP contribution in [0.15, 0.2) is 0 Å². The third-order valence-corrected chi connectivity index (χ3v) is 3.73. The lowest BCUT2D eigenvalue weighted by atomic mass is 9.65. The minimum atomic E-state index is -1.49. The molecule has 0 aromatic heterocycles. The zero-order chi connectivity index (χ0) is 13.5. The van der Waals surface area contributed by atoms with Gasteiger partial charge in [-0.2, -0.15) is 0 Å². The van der Waals surface area contributed by atoms with Crippen LogP contribution in [0.3, 0.4) is 0 Å². The molecule has 0 unspecified atom stereocenters. The molecule has 0 aromatic rings. The lowest BCUT2D eigenvalue weighted by molar-refractivity contribution is -0.201. The molecule has 0 amide bonds. The van der Waals surface area contributed by atoms with Gasteiger partial charge in [0.1, 0.15) is 5.78 Å². The van der Waals surface area contributed by atoms with Gasteiger partial charge in [-0.3, -0.25) is 19.2 Å². The van der Waals surface area contributed by atoms with Crippen LogP contribution < -0.4 is 0 Å². The van der Waals surface area contributed by atoms with Crippen LogP contribution in [0.1, 0.15) is 26.2 Å². The Morgan fingerprint density at radius 1 is 1.44 bits per heavy atom. The first kappa shape index (κ1) is 12.7. The van der Waals surface area contributed by atoms with E-state index in [1.807, 2.05) is 0 Å². The molecule has 2 bridgehead atoms. The Labute approximate surface area is 104 Å². The maximum absolute atomic E-state index is 11.9. The van der Waals surface area contributed by atoms with Crippen molar-refractivity contribution >= 4 is 23.5 Å². The number of rotatable bonds is 3. The SMILES string of the molecule is COC(=O)C[C@]12C[C@@H](C(C)=O)[C@H](CC1=O)C(=O)O2. The van der Waals surface area contributed by atoms with Gasteiger partial charge < -0.3 is 9.47 Å². The molecule has 6 heteroatoms. The molecule has 0 aromatic carbocycles. The summed E-state index contributed by atoms with van der Waals surface area (Å²) in [5, 5.41) is 0. The van der Waals surface area contributed by atoms with Crippen molar-refractivity contribution < 1.29 is 28.7 Å².